The fraction of sp³-hybridized carbons (Fsp3) is 0.214. The maximum absolute atomic E-state index is 13.2. The third kappa shape index (κ3) is 4.87. The molecule has 2 atom stereocenters. The van der Waals surface area contributed by atoms with E-state index in [2.05, 4.69) is 16.0 Å². The molecule has 4 nitrogen and oxygen atoms in total. The van der Waals surface area contributed by atoms with Gasteiger partial charge in [0.2, 0.25) is 0 Å². The molecular weight excluding hydrogens is 415 g/mol. The van der Waals surface area contributed by atoms with Gasteiger partial charge in [-0.25, -0.2) is 4.39 Å². The minimum Gasteiger partial charge on any atom is -0.299 e. The van der Waals surface area contributed by atoms with Crippen LogP contribution in [0.25, 0.3) is 10.8 Å². The van der Waals surface area contributed by atoms with Gasteiger partial charge in [0.25, 0.3) is 0 Å². The lowest BCUT2D eigenvalue weighted by molar-refractivity contribution is -0.119. The quantitative estimate of drug-likeness (QED) is 0.341. The molecule has 1 saturated carbocycles. The molecule has 33 heavy (non-hydrogen) atoms. The number of rotatable bonds is 8. The third-order valence-electron chi connectivity index (χ3n) is 6.35. The van der Waals surface area contributed by atoms with E-state index in [9.17, 15) is 14.0 Å². The first-order chi connectivity index (χ1) is 16.1. The molecular formula is C28H23FN2O2. The number of fused-ring (bicyclic) bond motifs is 1. The van der Waals surface area contributed by atoms with Gasteiger partial charge in [-0.15, -0.1) is 0 Å². The van der Waals surface area contributed by atoms with Crippen LogP contribution in [0.1, 0.15) is 45.8 Å². The van der Waals surface area contributed by atoms with Gasteiger partial charge in [0.15, 0.2) is 5.78 Å². The van der Waals surface area contributed by atoms with Gasteiger partial charge in [0, 0.05) is 48.3 Å². The Bertz CT molecular complexity index is 1330. The van der Waals surface area contributed by atoms with Crippen LogP contribution in [0.3, 0.4) is 0 Å². The van der Waals surface area contributed by atoms with Gasteiger partial charge < -0.3 is 0 Å². The molecule has 0 spiro atoms. The molecule has 2 aromatic heterocycles. The lowest BCUT2D eigenvalue weighted by atomic mass is 9.99. The highest BCUT2D eigenvalue weighted by molar-refractivity contribution is 5.96. The SMILES string of the molecule is O=C(CCc1cncc(F)c1)c1ccc([C@@H]2C[C@H]2C(=O)Cc2ccc3cnccc3c2)cc1. The van der Waals surface area contributed by atoms with Crippen LogP contribution in [0, 0.1) is 11.7 Å². The van der Waals surface area contributed by atoms with E-state index < -0.39 is 5.82 Å². The zero-order chi connectivity index (χ0) is 22.8. The van der Waals surface area contributed by atoms with Crippen LogP contribution in [0.5, 0.6) is 0 Å². The second-order valence-electron chi connectivity index (χ2n) is 8.71. The molecule has 0 saturated heterocycles. The number of pyridine rings is 2. The Morgan fingerprint density at radius 2 is 1.73 bits per heavy atom. The molecule has 0 unspecified atom stereocenters. The predicted octanol–water partition coefficient (Wildman–Crippen LogP) is 5.50. The van der Waals surface area contributed by atoms with Gasteiger partial charge in [-0.05, 0) is 53.0 Å². The molecule has 0 amide bonds. The van der Waals surface area contributed by atoms with Crippen LogP contribution in [0.15, 0.2) is 79.4 Å². The normalized spacial score (nSPS) is 17.1. The lowest BCUT2D eigenvalue weighted by Crippen LogP contribution is -2.06. The molecule has 0 aliphatic heterocycles. The Labute approximate surface area is 191 Å². The highest BCUT2D eigenvalue weighted by Crippen LogP contribution is 2.48. The smallest absolute Gasteiger partial charge is 0.163 e. The molecule has 1 fully saturated rings. The molecule has 2 heterocycles. The van der Waals surface area contributed by atoms with E-state index in [0.29, 0.717) is 30.4 Å². The van der Waals surface area contributed by atoms with Crippen molar-refractivity contribution >= 4 is 22.3 Å². The number of ketones is 2. The van der Waals surface area contributed by atoms with Crippen molar-refractivity contribution in [3.05, 3.63) is 107 Å². The van der Waals surface area contributed by atoms with Crippen molar-refractivity contribution in [2.75, 3.05) is 0 Å². The summed E-state index contributed by atoms with van der Waals surface area (Å²) in [6.45, 7) is 0. The molecule has 1 aliphatic carbocycles. The van der Waals surface area contributed by atoms with Crippen molar-refractivity contribution in [2.24, 2.45) is 5.92 Å². The molecule has 5 rings (SSSR count). The number of carbonyl (C=O) groups is 2. The molecule has 164 valence electrons. The number of halogens is 1. The van der Waals surface area contributed by atoms with E-state index in [1.165, 1.54) is 6.07 Å². The predicted molar refractivity (Wildman–Crippen MR) is 125 cm³/mol. The minimum absolute atomic E-state index is 0.0146. The van der Waals surface area contributed by atoms with Crippen LogP contribution >= 0.6 is 0 Å². The van der Waals surface area contributed by atoms with Gasteiger partial charge in [0.1, 0.15) is 11.6 Å². The summed E-state index contributed by atoms with van der Waals surface area (Å²) >= 11 is 0. The maximum atomic E-state index is 13.2. The fourth-order valence-electron chi connectivity index (χ4n) is 4.41. The van der Waals surface area contributed by atoms with Crippen LogP contribution < -0.4 is 0 Å². The Kier molecular flexibility index (Phi) is 5.78. The third-order valence-corrected chi connectivity index (χ3v) is 6.35. The zero-order valence-corrected chi connectivity index (χ0v) is 18.1. The monoisotopic (exact) mass is 438 g/mol. The number of hydrogen-bond acceptors (Lipinski definition) is 4. The van der Waals surface area contributed by atoms with Crippen LogP contribution in [-0.2, 0) is 17.6 Å². The molecule has 1 aliphatic rings. The van der Waals surface area contributed by atoms with E-state index >= 15 is 0 Å². The summed E-state index contributed by atoms with van der Waals surface area (Å²) in [5, 5.41) is 2.16. The fourth-order valence-corrected chi connectivity index (χ4v) is 4.41. The average molecular weight is 439 g/mol. The molecule has 0 bridgehead atoms. The second kappa shape index (κ2) is 9.02. The van der Waals surface area contributed by atoms with Gasteiger partial charge in [0.05, 0.1) is 6.20 Å². The second-order valence-corrected chi connectivity index (χ2v) is 8.71. The maximum Gasteiger partial charge on any atom is 0.163 e. The Hall–Kier alpha value is -3.73. The van der Waals surface area contributed by atoms with Gasteiger partial charge >= 0.3 is 0 Å². The van der Waals surface area contributed by atoms with Crippen LogP contribution in [0.4, 0.5) is 4.39 Å². The summed E-state index contributed by atoms with van der Waals surface area (Å²) in [5.41, 5.74) is 3.47. The number of carbonyl (C=O) groups excluding carboxylic acids is 2. The van der Waals surface area contributed by atoms with Crippen molar-refractivity contribution in [2.45, 2.75) is 31.6 Å². The van der Waals surface area contributed by atoms with Crippen molar-refractivity contribution in [3.8, 4) is 0 Å². The average Bonchev–Trinajstić information content (AvgIpc) is 3.64. The first-order valence-corrected chi connectivity index (χ1v) is 11.1. The van der Waals surface area contributed by atoms with E-state index in [1.807, 2.05) is 48.7 Å². The largest absolute Gasteiger partial charge is 0.299 e. The summed E-state index contributed by atoms with van der Waals surface area (Å²) in [5.74, 6) is 0.151. The lowest BCUT2D eigenvalue weighted by Gasteiger charge is -2.05. The number of nitrogens with zero attached hydrogens (tertiary/aromatic N) is 2. The Morgan fingerprint density at radius 1 is 0.879 bits per heavy atom. The molecule has 0 N–H and O–H groups in total. The summed E-state index contributed by atoms with van der Waals surface area (Å²) in [7, 11) is 0. The Balaban J connectivity index is 1.17. The van der Waals surface area contributed by atoms with Crippen molar-refractivity contribution < 1.29 is 14.0 Å². The molecule has 5 heteroatoms. The number of aromatic nitrogens is 2. The number of hydrogen-bond donors (Lipinski definition) is 0. The number of benzene rings is 2. The van der Waals surface area contributed by atoms with Crippen molar-refractivity contribution in [3.63, 3.8) is 0 Å². The molecule has 0 radical (unpaired) electrons. The first kappa shape index (κ1) is 21.1. The Morgan fingerprint density at radius 3 is 2.55 bits per heavy atom. The summed E-state index contributed by atoms with van der Waals surface area (Å²) < 4.78 is 13.2. The summed E-state index contributed by atoms with van der Waals surface area (Å²) in [4.78, 5) is 33.3. The van der Waals surface area contributed by atoms with Crippen LogP contribution in [0.2, 0.25) is 0 Å². The first-order valence-electron chi connectivity index (χ1n) is 11.1. The van der Waals surface area contributed by atoms with Crippen LogP contribution in [-0.4, -0.2) is 21.5 Å². The summed E-state index contributed by atoms with van der Waals surface area (Å²) in [6, 6.07) is 17.0. The highest BCUT2D eigenvalue weighted by Gasteiger charge is 2.43. The minimum atomic E-state index is -0.393. The molecule has 2 aromatic carbocycles. The summed E-state index contributed by atoms with van der Waals surface area (Å²) in [6.07, 6.45) is 8.37. The molecule has 4 aromatic rings. The highest BCUT2D eigenvalue weighted by atomic mass is 19.1. The van der Waals surface area contributed by atoms with Gasteiger partial charge in [-0.3, -0.25) is 19.6 Å². The van der Waals surface area contributed by atoms with E-state index in [1.54, 1.807) is 12.4 Å². The topological polar surface area (TPSA) is 59.9 Å². The van der Waals surface area contributed by atoms with Gasteiger partial charge in [-0.1, -0.05) is 42.5 Å². The van der Waals surface area contributed by atoms with Crippen molar-refractivity contribution in [1.82, 2.24) is 9.97 Å². The van der Waals surface area contributed by atoms with Gasteiger partial charge in [-0.2, -0.15) is 0 Å². The number of aryl methyl sites for hydroxylation is 1. The van der Waals surface area contributed by atoms with E-state index in [-0.39, 0.29) is 23.4 Å². The van der Waals surface area contributed by atoms with E-state index in [4.69, 9.17) is 0 Å². The number of Topliss-reactive ketones (excluding diaryl/α,β-unsaturated/α-hetero) is 2. The van der Waals surface area contributed by atoms with E-state index in [0.717, 1.165) is 34.5 Å². The zero-order valence-electron chi connectivity index (χ0n) is 18.1. The van der Waals surface area contributed by atoms with Crippen molar-refractivity contribution in [1.29, 1.82) is 0 Å². The standard InChI is InChI=1S/C28H23FN2O2/c29-24-12-19(15-31-17-24)2-8-27(32)21-6-4-20(5-7-21)25-14-26(25)28(33)13-18-1-3-23-16-30-10-9-22(23)11-18/h1,3-7,9-12,15-17,25-26H,2,8,13-14H2/t25-,26+/m0/s1.